The highest BCUT2D eigenvalue weighted by molar-refractivity contribution is 6.23. The van der Waals surface area contributed by atoms with Crippen LogP contribution in [-0.2, 0) is 16.1 Å². The molecule has 2 saturated heterocycles. The summed E-state index contributed by atoms with van der Waals surface area (Å²) in [7, 11) is 0. The molecule has 1 aromatic carbocycles. The van der Waals surface area contributed by atoms with Crippen molar-refractivity contribution in [3.8, 4) is 0 Å². The first-order valence-electron chi connectivity index (χ1n) is 10.3. The molecule has 8 nitrogen and oxygen atoms in total. The minimum Gasteiger partial charge on any atom is -0.317 e. The fraction of sp³-hybridized carbons (Fsp3) is 0.524. The maximum atomic E-state index is 12.9. The minimum absolute atomic E-state index is 0.123. The van der Waals surface area contributed by atoms with Gasteiger partial charge in [0.2, 0.25) is 11.8 Å². The van der Waals surface area contributed by atoms with Crippen LogP contribution in [0.2, 0.25) is 0 Å². The van der Waals surface area contributed by atoms with Gasteiger partial charge >= 0.3 is 0 Å². The highest BCUT2D eigenvalue weighted by atomic mass is 16.2. The molecule has 3 aliphatic heterocycles. The molecule has 3 N–H and O–H groups in total. The number of piperidine rings is 1. The highest BCUT2D eigenvalue weighted by Crippen LogP contribution is 2.45. The van der Waals surface area contributed by atoms with Gasteiger partial charge in [-0.15, -0.1) is 0 Å². The Balaban J connectivity index is 1.28. The Morgan fingerprint density at radius 1 is 0.966 bits per heavy atom. The van der Waals surface area contributed by atoms with Crippen LogP contribution in [-0.4, -0.2) is 53.7 Å². The standard InChI is InChI=1S/C21H24N4O4/c26-17-4-3-16(19(27)24-17)25-20(28)14-2-1-11(9-15(14)21(25)29)10-23-18-12-5-7-22-8-6-13(12)18/h1-2,9,12-13,16,18,22-23H,3-8,10H2,(H,24,26,27). The van der Waals surface area contributed by atoms with E-state index in [9.17, 15) is 19.2 Å². The number of hydrogen-bond acceptors (Lipinski definition) is 6. The van der Waals surface area contributed by atoms with Crippen molar-refractivity contribution in [2.24, 2.45) is 11.8 Å². The Labute approximate surface area is 168 Å². The summed E-state index contributed by atoms with van der Waals surface area (Å²) in [6, 6.07) is 4.91. The van der Waals surface area contributed by atoms with Gasteiger partial charge in [-0.25, -0.2) is 0 Å². The fourth-order valence-electron chi connectivity index (χ4n) is 5.06. The molecule has 8 heteroatoms. The second-order valence-electron chi connectivity index (χ2n) is 8.39. The zero-order valence-corrected chi connectivity index (χ0v) is 16.1. The summed E-state index contributed by atoms with van der Waals surface area (Å²) in [6.07, 6.45) is 2.68. The third-order valence-electron chi connectivity index (χ3n) is 6.69. The predicted octanol–water partition coefficient (Wildman–Crippen LogP) is 0.175. The third-order valence-corrected chi connectivity index (χ3v) is 6.69. The minimum atomic E-state index is -0.922. The monoisotopic (exact) mass is 396 g/mol. The molecular weight excluding hydrogens is 372 g/mol. The summed E-state index contributed by atoms with van der Waals surface area (Å²) in [4.78, 5) is 50.2. The molecule has 0 aromatic heterocycles. The summed E-state index contributed by atoms with van der Waals surface area (Å²) >= 11 is 0. The molecule has 0 spiro atoms. The first kappa shape index (κ1) is 18.4. The number of carbonyl (C=O) groups is 4. The first-order chi connectivity index (χ1) is 14.0. The van der Waals surface area contributed by atoms with Crippen molar-refractivity contribution in [3.63, 3.8) is 0 Å². The van der Waals surface area contributed by atoms with E-state index in [0.29, 0.717) is 23.7 Å². The Kier molecular flexibility index (Phi) is 4.48. The number of nitrogens with one attached hydrogen (secondary N) is 3. The SMILES string of the molecule is O=C1CCC(N2C(=O)c3ccc(CNC4C5CCNCCC54)cc3C2=O)C(=O)N1. The Morgan fingerprint density at radius 2 is 1.69 bits per heavy atom. The number of rotatable bonds is 4. The largest absolute Gasteiger partial charge is 0.317 e. The Bertz CT molecular complexity index is 902. The van der Waals surface area contributed by atoms with E-state index in [4.69, 9.17) is 0 Å². The Hall–Kier alpha value is -2.58. The van der Waals surface area contributed by atoms with Gasteiger partial charge in [0, 0.05) is 19.0 Å². The van der Waals surface area contributed by atoms with Crippen molar-refractivity contribution >= 4 is 23.6 Å². The molecule has 0 bridgehead atoms. The van der Waals surface area contributed by atoms with Crippen LogP contribution < -0.4 is 16.0 Å². The second-order valence-corrected chi connectivity index (χ2v) is 8.39. The fourth-order valence-corrected chi connectivity index (χ4v) is 5.06. The molecule has 4 aliphatic rings. The summed E-state index contributed by atoms with van der Waals surface area (Å²) in [5.41, 5.74) is 1.62. The molecule has 3 atom stereocenters. The Morgan fingerprint density at radius 3 is 2.41 bits per heavy atom. The average Bonchev–Trinajstić information content (AvgIpc) is 3.37. The number of fused-ring (bicyclic) bond motifs is 2. The van der Waals surface area contributed by atoms with Crippen molar-refractivity contribution in [1.82, 2.24) is 20.9 Å². The summed E-state index contributed by atoms with van der Waals surface area (Å²) in [6.45, 7) is 2.80. The van der Waals surface area contributed by atoms with E-state index >= 15 is 0 Å². The zero-order chi connectivity index (χ0) is 20.1. The van der Waals surface area contributed by atoms with Gasteiger partial charge in [-0.3, -0.25) is 29.4 Å². The summed E-state index contributed by atoms with van der Waals surface area (Å²) < 4.78 is 0. The van der Waals surface area contributed by atoms with Crippen molar-refractivity contribution in [2.75, 3.05) is 13.1 Å². The lowest BCUT2D eigenvalue weighted by Crippen LogP contribution is -2.54. The third kappa shape index (κ3) is 3.16. The molecule has 1 aliphatic carbocycles. The van der Waals surface area contributed by atoms with E-state index in [1.165, 1.54) is 12.8 Å². The second kappa shape index (κ2) is 7.03. The number of carbonyl (C=O) groups excluding carboxylic acids is 4. The first-order valence-corrected chi connectivity index (χ1v) is 10.3. The molecule has 3 heterocycles. The molecule has 3 unspecified atom stereocenters. The van der Waals surface area contributed by atoms with Crippen LogP contribution in [0.3, 0.4) is 0 Å². The van der Waals surface area contributed by atoms with Gasteiger partial charge in [-0.05, 0) is 61.9 Å². The van der Waals surface area contributed by atoms with Crippen molar-refractivity contribution < 1.29 is 19.2 Å². The number of imide groups is 2. The molecule has 0 radical (unpaired) electrons. The molecule has 1 aromatic rings. The van der Waals surface area contributed by atoms with Gasteiger partial charge in [0.15, 0.2) is 0 Å². The average molecular weight is 396 g/mol. The maximum Gasteiger partial charge on any atom is 0.262 e. The van der Waals surface area contributed by atoms with E-state index in [1.54, 1.807) is 12.1 Å². The van der Waals surface area contributed by atoms with Crippen LogP contribution in [0.1, 0.15) is 52.0 Å². The van der Waals surface area contributed by atoms with E-state index in [2.05, 4.69) is 16.0 Å². The molecule has 4 amide bonds. The van der Waals surface area contributed by atoms with E-state index in [0.717, 1.165) is 35.4 Å². The van der Waals surface area contributed by atoms with Gasteiger partial charge in [0.05, 0.1) is 11.1 Å². The number of hydrogen-bond donors (Lipinski definition) is 3. The van der Waals surface area contributed by atoms with Crippen LogP contribution in [0.25, 0.3) is 0 Å². The lowest BCUT2D eigenvalue weighted by molar-refractivity contribution is -0.136. The maximum absolute atomic E-state index is 12.9. The van der Waals surface area contributed by atoms with Crippen molar-refractivity contribution in [2.45, 2.75) is 44.3 Å². The predicted molar refractivity (Wildman–Crippen MR) is 103 cm³/mol. The molecule has 29 heavy (non-hydrogen) atoms. The van der Waals surface area contributed by atoms with Crippen LogP contribution in [0.5, 0.6) is 0 Å². The van der Waals surface area contributed by atoms with Crippen LogP contribution in [0.4, 0.5) is 0 Å². The number of benzene rings is 1. The lowest BCUT2D eigenvalue weighted by atomic mass is 10.0. The van der Waals surface area contributed by atoms with E-state index in [1.807, 2.05) is 6.07 Å². The van der Waals surface area contributed by atoms with E-state index < -0.39 is 23.8 Å². The molecule has 1 saturated carbocycles. The lowest BCUT2D eigenvalue weighted by Gasteiger charge is -2.27. The van der Waals surface area contributed by atoms with Gasteiger partial charge < -0.3 is 10.6 Å². The van der Waals surface area contributed by atoms with Crippen LogP contribution >= 0.6 is 0 Å². The summed E-state index contributed by atoms with van der Waals surface area (Å²) in [5.74, 6) is -0.418. The van der Waals surface area contributed by atoms with Crippen molar-refractivity contribution in [3.05, 3.63) is 34.9 Å². The van der Waals surface area contributed by atoms with Gasteiger partial charge in [0.1, 0.15) is 6.04 Å². The van der Waals surface area contributed by atoms with Gasteiger partial charge in [0.25, 0.3) is 11.8 Å². The molecule has 5 rings (SSSR count). The van der Waals surface area contributed by atoms with Gasteiger partial charge in [-0.2, -0.15) is 0 Å². The smallest absolute Gasteiger partial charge is 0.262 e. The number of nitrogens with zero attached hydrogens (tertiary/aromatic N) is 1. The van der Waals surface area contributed by atoms with Crippen LogP contribution in [0.15, 0.2) is 18.2 Å². The normalized spacial score (nSPS) is 31.2. The van der Waals surface area contributed by atoms with Crippen LogP contribution in [0, 0.1) is 11.8 Å². The zero-order valence-electron chi connectivity index (χ0n) is 16.1. The van der Waals surface area contributed by atoms with E-state index in [-0.39, 0.29) is 18.7 Å². The summed E-state index contributed by atoms with van der Waals surface area (Å²) in [5, 5.41) is 9.25. The highest BCUT2D eigenvalue weighted by Gasteiger charge is 2.49. The molecule has 3 fully saturated rings. The molecule has 152 valence electrons. The van der Waals surface area contributed by atoms with Crippen molar-refractivity contribution in [1.29, 1.82) is 0 Å². The number of amides is 4. The molecular formula is C21H24N4O4. The van der Waals surface area contributed by atoms with Gasteiger partial charge in [-0.1, -0.05) is 6.07 Å². The topological polar surface area (TPSA) is 108 Å². The quantitative estimate of drug-likeness (QED) is 0.627.